The number of rotatable bonds is 6. The van der Waals surface area contributed by atoms with Crippen LogP contribution in [0.25, 0.3) is 0 Å². The van der Waals surface area contributed by atoms with E-state index < -0.39 is 0 Å². The number of halogens is 1. The van der Waals surface area contributed by atoms with Crippen LogP contribution in [0.2, 0.25) is 0 Å². The van der Waals surface area contributed by atoms with Crippen molar-refractivity contribution in [3.05, 3.63) is 21.9 Å². The lowest BCUT2D eigenvalue weighted by Crippen LogP contribution is -2.48. The Morgan fingerprint density at radius 3 is 2.70 bits per heavy atom. The van der Waals surface area contributed by atoms with Gasteiger partial charge in [-0.2, -0.15) is 11.8 Å². The SMILES string of the molecule is CCSC1(CNC(=NC)NCc2sccc2C)CCOCC1.I. The fraction of sp³-hybridized carbons (Fsp3) is 0.688. The molecule has 0 saturated carbocycles. The molecule has 1 aromatic heterocycles. The van der Waals surface area contributed by atoms with Crippen molar-refractivity contribution in [1.29, 1.82) is 0 Å². The summed E-state index contributed by atoms with van der Waals surface area (Å²) in [6, 6.07) is 2.16. The van der Waals surface area contributed by atoms with Crippen LogP contribution in [-0.2, 0) is 11.3 Å². The fourth-order valence-electron chi connectivity index (χ4n) is 2.64. The highest BCUT2D eigenvalue weighted by Gasteiger charge is 2.32. The third-order valence-electron chi connectivity index (χ3n) is 4.04. The minimum atomic E-state index is 0. The van der Waals surface area contributed by atoms with Crippen LogP contribution in [0.1, 0.15) is 30.2 Å². The normalized spacial score (nSPS) is 17.4. The average molecular weight is 469 g/mol. The molecule has 0 amide bonds. The van der Waals surface area contributed by atoms with Gasteiger partial charge in [-0.3, -0.25) is 4.99 Å². The van der Waals surface area contributed by atoms with Gasteiger partial charge in [0, 0.05) is 36.4 Å². The van der Waals surface area contributed by atoms with Crippen LogP contribution < -0.4 is 10.6 Å². The molecule has 4 nitrogen and oxygen atoms in total. The zero-order chi connectivity index (χ0) is 15.8. The van der Waals surface area contributed by atoms with Gasteiger partial charge in [0.15, 0.2) is 5.96 Å². The molecule has 1 saturated heterocycles. The number of hydrogen-bond acceptors (Lipinski definition) is 4. The molecular formula is C16H28IN3OS2. The molecule has 0 atom stereocenters. The molecule has 7 heteroatoms. The smallest absolute Gasteiger partial charge is 0.191 e. The molecule has 2 heterocycles. The third-order valence-corrected chi connectivity index (χ3v) is 6.52. The summed E-state index contributed by atoms with van der Waals surface area (Å²) in [6.07, 6.45) is 2.22. The fourth-order valence-corrected chi connectivity index (χ4v) is 4.72. The summed E-state index contributed by atoms with van der Waals surface area (Å²) in [5.41, 5.74) is 1.34. The Bertz CT molecular complexity index is 482. The molecule has 0 aromatic carbocycles. The van der Waals surface area contributed by atoms with E-state index >= 15 is 0 Å². The van der Waals surface area contributed by atoms with Gasteiger partial charge >= 0.3 is 0 Å². The topological polar surface area (TPSA) is 45.7 Å². The molecule has 0 radical (unpaired) electrons. The minimum absolute atomic E-state index is 0. The van der Waals surface area contributed by atoms with Crippen molar-refractivity contribution >= 4 is 53.0 Å². The number of aliphatic imine (C=N–C) groups is 1. The van der Waals surface area contributed by atoms with Gasteiger partial charge < -0.3 is 15.4 Å². The number of aryl methyl sites for hydroxylation is 1. The maximum Gasteiger partial charge on any atom is 0.191 e. The lowest BCUT2D eigenvalue weighted by Gasteiger charge is -2.37. The van der Waals surface area contributed by atoms with Gasteiger partial charge in [0.2, 0.25) is 0 Å². The first-order valence-electron chi connectivity index (χ1n) is 7.88. The average Bonchev–Trinajstić information content (AvgIpc) is 2.94. The Morgan fingerprint density at radius 2 is 2.13 bits per heavy atom. The molecule has 23 heavy (non-hydrogen) atoms. The molecule has 2 N–H and O–H groups in total. The monoisotopic (exact) mass is 469 g/mol. The number of hydrogen-bond donors (Lipinski definition) is 2. The first-order valence-corrected chi connectivity index (χ1v) is 9.75. The van der Waals surface area contributed by atoms with E-state index in [1.54, 1.807) is 11.3 Å². The van der Waals surface area contributed by atoms with E-state index in [0.717, 1.165) is 50.9 Å². The van der Waals surface area contributed by atoms with Crippen LogP contribution in [0, 0.1) is 6.92 Å². The standard InChI is InChI=1S/C16H27N3OS2.HI/c1-4-22-16(6-8-20-9-7-16)12-19-15(17-3)18-11-14-13(2)5-10-21-14;/h5,10H,4,6-9,11-12H2,1-3H3,(H2,17,18,19);1H. The summed E-state index contributed by atoms with van der Waals surface area (Å²) < 4.78 is 5.81. The van der Waals surface area contributed by atoms with E-state index in [-0.39, 0.29) is 28.7 Å². The molecule has 0 spiro atoms. The molecule has 0 unspecified atom stereocenters. The number of guanidine groups is 1. The Labute approximate surface area is 165 Å². The zero-order valence-electron chi connectivity index (χ0n) is 14.2. The second kappa shape index (κ2) is 10.8. The molecule has 0 aliphatic carbocycles. The summed E-state index contributed by atoms with van der Waals surface area (Å²) in [5, 5.41) is 9.07. The van der Waals surface area contributed by atoms with Gasteiger partial charge in [0.1, 0.15) is 0 Å². The van der Waals surface area contributed by atoms with E-state index in [1.165, 1.54) is 10.4 Å². The lowest BCUT2D eigenvalue weighted by atomic mass is 9.99. The minimum Gasteiger partial charge on any atom is -0.381 e. The predicted octanol–water partition coefficient (Wildman–Crippen LogP) is 3.64. The van der Waals surface area contributed by atoms with E-state index in [2.05, 4.69) is 40.9 Å². The zero-order valence-corrected chi connectivity index (χ0v) is 18.1. The van der Waals surface area contributed by atoms with Gasteiger partial charge in [0.05, 0.1) is 6.54 Å². The van der Waals surface area contributed by atoms with Crippen LogP contribution in [0.4, 0.5) is 0 Å². The van der Waals surface area contributed by atoms with Crippen molar-refractivity contribution in [2.75, 3.05) is 32.6 Å². The quantitative estimate of drug-likeness (QED) is 0.380. The van der Waals surface area contributed by atoms with E-state index in [0.29, 0.717) is 0 Å². The van der Waals surface area contributed by atoms with Crippen molar-refractivity contribution < 1.29 is 4.74 Å². The van der Waals surface area contributed by atoms with Gasteiger partial charge in [-0.15, -0.1) is 35.3 Å². The van der Waals surface area contributed by atoms with Gasteiger partial charge in [-0.05, 0) is 42.5 Å². The van der Waals surface area contributed by atoms with Crippen molar-refractivity contribution in [3.63, 3.8) is 0 Å². The summed E-state index contributed by atoms with van der Waals surface area (Å²) in [5.74, 6) is 2.03. The largest absolute Gasteiger partial charge is 0.381 e. The predicted molar refractivity (Wildman–Crippen MR) is 114 cm³/mol. The Kier molecular flexibility index (Phi) is 9.87. The van der Waals surface area contributed by atoms with Gasteiger partial charge in [-0.25, -0.2) is 0 Å². The highest BCUT2D eigenvalue weighted by atomic mass is 127. The molecule has 1 aromatic rings. The van der Waals surface area contributed by atoms with Gasteiger partial charge in [0.25, 0.3) is 0 Å². The molecule has 1 fully saturated rings. The molecule has 0 bridgehead atoms. The second-order valence-corrected chi connectivity index (χ2v) is 8.27. The summed E-state index contributed by atoms with van der Waals surface area (Å²) in [7, 11) is 1.83. The number of thioether (sulfide) groups is 1. The summed E-state index contributed by atoms with van der Waals surface area (Å²) >= 11 is 3.84. The Hall–Kier alpha value is 0.01000. The summed E-state index contributed by atoms with van der Waals surface area (Å²) in [4.78, 5) is 5.72. The molecule has 1 aliphatic rings. The first kappa shape index (κ1) is 21.1. The third kappa shape index (κ3) is 6.43. The van der Waals surface area contributed by atoms with Crippen LogP contribution >= 0.6 is 47.1 Å². The maximum absolute atomic E-state index is 5.53. The lowest BCUT2D eigenvalue weighted by molar-refractivity contribution is 0.0782. The number of nitrogens with zero attached hydrogens (tertiary/aromatic N) is 1. The number of ether oxygens (including phenoxy) is 1. The van der Waals surface area contributed by atoms with E-state index in [1.807, 2.05) is 18.8 Å². The van der Waals surface area contributed by atoms with E-state index in [4.69, 9.17) is 4.74 Å². The van der Waals surface area contributed by atoms with Crippen molar-refractivity contribution in [2.45, 2.75) is 38.0 Å². The highest BCUT2D eigenvalue weighted by molar-refractivity contribution is 14.0. The Morgan fingerprint density at radius 1 is 1.39 bits per heavy atom. The summed E-state index contributed by atoms with van der Waals surface area (Å²) in [6.45, 7) is 7.90. The highest BCUT2D eigenvalue weighted by Crippen LogP contribution is 2.34. The van der Waals surface area contributed by atoms with Crippen molar-refractivity contribution in [1.82, 2.24) is 10.6 Å². The van der Waals surface area contributed by atoms with Crippen LogP contribution in [0.15, 0.2) is 16.4 Å². The van der Waals surface area contributed by atoms with Crippen LogP contribution in [0.5, 0.6) is 0 Å². The van der Waals surface area contributed by atoms with Crippen LogP contribution in [0.3, 0.4) is 0 Å². The second-order valence-electron chi connectivity index (χ2n) is 5.53. The first-order chi connectivity index (χ1) is 10.7. The maximum atomic E-state index is 5.53. The molecule has 132 valence electrons. The van der Waals surface area contributed by atoms with Crippen molar-refractivity contribution in [3.8, 4) is 0 Å². The van der Waals surface area contributed by atoms with Crippen molar-refractivity contribution in [2.24, 2.45) is 4.99 Å². The number of thiophene rings is 1. The van der Waals surface area contributed by atoms with E-state index in [9.17, 15) is 0 Å². The molecular weight excluding hydrogens is 441 g/mol. The molecule has 1 aliphatic heterocycles. The van der Waals surface area contributed by atoms with Gasteiger partial charge in [-0.1, -0.05) is 6.92 Å². The van der Waals surface area contributed by atoms with Crippen LogP contribution in [-0.4, -0.2) is 43.3 Å². The molecule has 2 rings (SSSR count). The Balaban J connectivity index is 0.00000264. The number of nitrogens with one attached hydrogen (secondary N) is 2.